The van der Waals surface area contributed by atoms with Gasteiger partial charge in [0.2, 0.25) is 0 Å². The number of hydrogen-bond donors (Lipinski definition) is 1. The van der Waals surface area contributed by atoms with Crippen LogP contribution in [0.15, 0.2) is 48.5 Å². The van der Waals surface area contributed by atoms with Gasteiger partial charge in [0.1, 0.15) is 11.5 Å². The van der Waals surface area contributed by atoms with Crippen LogP contribution >= 0.6 is 0 Å². The lowest BCUT2D eigenvalue weighted by atomic mass is 10.1. The van der Waals surface area contributed by atoms with Gasteiger partial charge in [0.15, 0.2) is 0 Å². The van der Waals surface area contributed by atoms with Crippen LogP contribution in [0.5, 0.6) is 11.5 Å². The highest BCUT2D eigenvalue weighted by molar-refractivity contribution is 5.36. The van der Waals surface area contributed by atoms with Crippen LogP contribution in [0.4, 0.5) is 0 Å². The quantitative estimate of drug-likeness (QED) is 0.785. The summed E-state index contributed by atoms with van der Waals surface area (Å²) in [4.78, 5) is 0. The van der Waals surface area contributed by atoms with E-state index in [0.717, 1.165) is 29.0 Å². The Bertz CT molecular complexity index is 550. The number of hydrogen-bond acceptors (Lipinski definition) is 3. The van der Waals surface area contributed by atoms with Crippen molar-refractivity contribution in [2.45, 2.75) is 26.4 Å². The van der Waals surface area contributed by atoms with Gasteiger partial charge in [-0.1, -0.05) is 24.3 Å². The molecule has 0 unspecified atom stereocenters. The molecule has 0 saturated carbocycles. The first kappa shape index (κ1) is 15.4. The van der Waals surface area contributed by atoms with Crippen molar-refractivity contribution in [1.82, 2.24) is 0 Å². The average Bonchev–Trinajstić information content (AvgIpc) is 2.49. The second-order valence-corrected chi connectivity index (χ2v) is 5.06. The number of aliphatic hydroxyl groups is 1. The van der Waals surface area contributed by atoms with E-state index in [-0.39, 0.29) is 0 Å². The van der Waals surface area contributed by atoms with Crippen LogP contribution in [-0.4, -0.2) is 18.3 Å². The van der Waals surface area contributed by atoms with E-state index in [1.807, 2.05) is 55.5 Å². The van der Waals surface area contributed by atoms with E-state index in [0.29, 0.717) is 13.2 Å². The van der Waals surface area contributed by atoms with Crippen molar-refractivity contribution in [3.8, 4) is 11.5 Å². The van der Waals surface area contributed by atoms with Crippen LogP contribution in [0.2, 0.25) is 0 Å². The van der Waals surface area contributed by atoms with Crippen LogP contribution in [0.3, 0.4) is 0 Å². The lowest BCUT2D eigenvalue weighted by molar-refractivity contribution is 0.199. The minimum Gasteiger partial charge on any atom is -0.493 e. The third-order valence-corrected chi connectivity index (χ3v) is 3.24. The molecular weight excluding hydrogens is 264 g/mol. The molecule has 21 heavy (non-hydrogen) atoms. The highest BCUT2D eigenvalue weighted by Gasteiger charge is 2.05. The van der Waals surface area contributed by atoms with Crippen LogP contribution in [0.25, 0.3) is 0 Å². The maximum absolute atomic E-state index is 9.54. The molecule has 2 aromatic rings. The summed E-state index contributed by atoms with van der Waals surface area (Å²) in [6, 6.07) is 15.5. The lowest BCUT2D eigenvalue weighted by Crippen LogP contribution is -2.06. The summed E-state index contributed by atoms with van der Waals surface area (Å²) in [5.74, 6) is 1.74. The van der Waals surface area contributed by atoms with Crippen molar-refractivity contribution >= 4 is 0 Å². The number of ether oxygens (including phenoxy) is 2. The Balaban J connectivity index is 1.74. The fourth-order valence-electron chi connectivity index (χ4n) is 2.04. The fraction of sp³-hybridized carbons (Fsp3) is 0.333. The van der Waals surface area contributed by atoms with Gasteiger partial charge in [-0.3, -0.25) is 0 Å². The Hall–Kier alpha value is -2.00. The van der Waals surface area contributed by atoms with Gasteiger partial charge in [-0.15, -0.1) is 0 Å². The molecule has 2 aromatic carbocycles. The van der Waals surface area contributed by atoms with E-state index < -0.39 is 6.10 Å². The first-order valence-corrected chi connectivity index (χ1v) is 7.26. The molecule has 0 heterocycles. The van der Waals surface area contributed by atoms with Crippen molar-refractivity contribution in [2.24, 2.45) is 0 Å². The zero-order chi connectivity index (χ0) is 15.1. The maximum atomic E-state index is 9.54. The van der Waals surface area contributed by atoms with Gasteiger partial charge in [-0.25, -0.2) is 0 Å². The van der Waals surface area contributed by atoms with Gasteiger partial charge in [0.25, 0.3) is 0 Å². The predicted octanol–water partition coefficient (Wildman–Crippen LogP) is 3.90. The third-order valence-electron chi connectivity index (χ3n) is 3.24. The Morgan fingerprint density at radius 3 is 2.38 bits per heavy atom. The molecule has 0 aliphatic heterocycles. The molecule has 1 atom stereocenters. The standard InChI is InChI=1S/C18H22O3/c1-14-13-16(15(2)19)9-10-18(14)21-12-6-11-20-17-7-4-3-5-8-17/h3-5,7-10,13,15,19H,6,11-12H2,1-2H3/t15-/m0/s1. The second kappa shape index (κ2) is 7.70. The number of aryl methyl sites for hydroxylation is 1. The molecule has 0 aromatic heterocycles. The molecule has 3 heteroatoms. The summed E-state index contributed by atoms with van der Waals surface area (Å²) in [5, 5.41) is 9.54. The molecule has 0 saturated heterocycles. The van der Waals surface area contributed by atoms with E-state index in [1.54, 1.807) is 6.92 Å². The minimum absolute atomic E-state index is 0.447. The summed E-state index contributed by atoms with van der Waals surface area (Å²) in [6.07, 6.45) is 0.379. The largest absolute Gasteiger partial charge is 0.493 e. The Morgan fingerprint density at radius 1 is 1.00 bits per heavy atom. The molecule has 1 N–H and O–H groups in total. The van der Waals surface area contributed by atoms with Crippen molar-refractivity contribution < 1.29 is 14.6 Å². The van der Waals surface area contributed by atoms with Crippen molar-refractivity contribution in [3.63, 3.8) is 0 Å². The number of rotatable bonds is 7. The number of para-hydroxylation sites is 1. The molecule has 0 aliphatic rings. The Labute approximate surface area is 126 Å². The highest BCUT2D eigenvalue weighted by Crippen LogP contribution is 2.22. The first-order valence-electron chi connectivity index (χ1n) is 7.26. The first-order chi connectivity index (χ1) is 10.2. The number of benzene rings is 2. The molecule has 0 bridgehead atoms. The fourth-order valence-corrected chi connectivity index (χ4v) is 2.04. The summed E-state index contributed by atoms with van der Waals surface area (Å²) in [7, 11) is 0. The van der Waals surface area contributed by atoms with E-state index in [2.05, 4.69) is 0 Å². The molecule has 0 aliphatic carbocycles. The van der Waals surface area contributed by atoms with Crippen molar-refractivity contribution in [2.75, 3.05) is 13.2 Å². The highest BCUT2D eigenvalue weighted by atomic mass is 16.5. The summed E-state index contributed by atoms with van der Waals surface area (Å²) in [5.41, 5.74) is 1.95. The van der Waals surface area contributed by atoms with Gasteiger partial charge in [0.05, 0.1) is 19.3 Å². The Kier molecular flexibility index (Phi) is 5.64. The zero-order valence-electron chi connectivity index (χ0n) is 12.6. The van der Waals surface area contributed by atoms with Gasteiger partial charge in [-0.2, -0.15) is 0 Å². The Morgan fingerprint density at radius 2 is 1.71 bits per heavy atom. The van der Waals surface area contributed by atoms with Crippen molar-refractivity contribution in [3.05, 3.63) is 59.7 Å². The molecule has 0 amide bonds. The molecule has 3 nitrogen and oxygen atoms in total. The monoisotopic (exact) mass is 286 g/mol. The number of aliphatic hydroxyl groups excluding tert-OH is 1. The van der Waals surface area contributed by atoms with Gasteiger partial charge in [0, 0.05) is 6.42 Å². The van der Waals surface area contributed by atoms with E-state index >= 15 is 0 Å². The van der Waals surface area contributed by atoms with Gasteiger partial charge in [-0.05, 0) is 49.2 Å². The predicted molar refractivity (Wildman–Crippen MR) is 83.9 cm³/mol. The van der Waals surface area contributed by atoms with Crippen LogP contribution < -0.4 is 9.47 Å². The van der Waals surface area contributed by atoms with Crippen LogP contribution in [0.1, 0.15) is 30.6 Å². The molecule has 0 radical (unpaired) electrons. The van der Waals surface area contributed by atoms with Crippen molar-refractivity contribution in [1.29, 1.82) is 0 Å². The molecule has 0 spiro atoms. The molecule has 112 valence electrons. The van der Waals surface area contributed by atoms with Crippen LogP contribution in [0, 0.1) is 6.92 Å². The summed E-state index contributed by atoms with van der Waals surface area (Å²) >= 11 is 0. The SMILES string of the molecule is Cc1cc([C@H](C)O)ccc1OCCCOc1ccccc1. The normalized spacial score (nSPS) is 12.0. The molecule has 2 rings (SSSR count). The van der Waals surface area contributed by atoms with E-state index in [1.165, 1.54) is 0 Å². The smallest absolute Gasteiger partial charge is 0.122 e. The molecular formula is C18H22O3. The van der Waals surface area contributed by atoms with Crippen LogP contribution in [-0.2, 0) is 0 Å². The summed E-state index contributed by atoms with van der Waals surface area (Å²) in [6.45, 7) is 4.99. The summed E-state index contributed by atoms with van der Waals surface area (Å²) < 4.78 is 11.4. The third kappa shape index (κ3) is 4.80. The van der Waals surface area contributed by atoms with Gasteiger partial charge >= 0.3 is 0 Å². The molecule has 0 fully saturated rings. The minimum atomic E-state index is -0.447. The zero-order valence-corrected chi connectivity index (χ0v) is 12.6. The van der Waals surface area contributed by atoms with E-state index in [4.69, 9.17) is 9.47 Å². The maximum Gasteiger partial charge on any atom is 0.122 e. The van der Waals surface area contributed by atoms with Gasteiger partial charge < -0.3 is 14.6 Å². The average molecular weight is 286 g/mol. The topological polar surface area (TPSA) is 38.7 Å². The lowest BCUT2D eigenvalue weighted by Gasteiger charge is -2.12. The van der Waals surface area contributed by atoms with E-state index in [9.17, 15) is 5.11 Å². The second-order valence-electron chi connectivity index (χ2n) is 5.06.